The van der Waals surface area contributed by atoms with Crippen molar-refractivity contribution in [3.05, 3.63) is 17.2 Å². The average molecular weight is 219 g/mol. The van der Waals surface area contributed by atoms with Crippen LogP contribution in [0.25, 0.3) is 0 Å². The highest BCUT2D eigenvalue weighted by atomic mass is 35.5. The lowest BCUT2D eigenvalue weighted by atomic mass is 10.3. The van der Waals surface area contributed by atoms with E-state index < -0.39 is 0 Å². The molecule has 0 aromatic carbocycles. The first-order chi connectivity index (χ1) is 5.90. The molecular weight excluding hydrogens is 204 g/mol. The summed E-state index contributed by atoms with van der Waals surface area (Å²) in [6, 6.07) is 0. The quantitative estimate of drug-likeness (QED) is 0.759. The smallest absolute Gasteiger partial charge is 0.128 e. The highest BCUT2D eigenvalue weighted by Crippen LogP contribution is 2.27. The first-order valence-electron chi connectivity index (χ1n) is 4.20. The molecule has 0 spiro atoms. The standard InChI is InChI=1S/C9H15ClN2S/c1-9(2,3)13-6-8-11-5-7(10)12(8)4/h5H,6H2,1-4H3. The van der Waals surface area contributed by atoms with E-state index in [0.29, 0.717) is 5.15 Å². The largest absolute Gasteiger partial charge is 0.322 e. The number of halogens is 1. The highest BCUT2D eigenvalue weighted by molar-refractivity contribution is 7.99. The van der Waals surface area contributed by atoms with Gasteiger partial charge in [0.05, 0.1) is 11.9 Å². The molecule has 0 unspecified atom stereocenters. The molecule has 0 fully saturated rings. The number of rotatable bonds is 2. The van der Waals surface area contributed by atoms with Gasteiger partial charge in [0.25, 0.3) is 0 Å². The van der Waals surface area contributed by atoms with E-state index in [9.17, 15) is 0 Å². The maximum absolute atomic E-state index is 5.87. The van der Waals surface area contributed by atoms with Crippen LogP contribution in [0.1, 0.15) is 26.6 Å². The summed E-state index contributed by atoms with van der Waals surface area (Å²) in [6.07, 6.45) is 1.69. The van der Waals surface area contributed by atoms with Crippen molar-refractivity contribution in [1.82, 2.24) is 9.55 Å². The summed E-state index contributed by atoms with van der Waals surface area (Å²) < 4.78 is 2.19. The van der Waals surface area contributed by atoms with Crippen molar-refractivity contribution in [1.29, 1.82) is 0 Å². The zero-order chi connectivity index (χ0) is 10.1. The molecule has 0 aliphatic carbocycles. The van der Waals surface area contributed by atoms with Crippen LogP contribution in [0.2, 0.25) is 5.15 Å². The van der Waals surface area contributed by atoms with Crippen LogP contribution in [0.4, 0.5) is 0 Å². The Hall–Kier alpha value is -0.150. The molecule has 74 valence electrons. The van der Waals surface area contributed by atoms with Gasteiger partial charge in [-0.25, -0.2) is 4.98 Å². The van der Waals surface area contributed by atoms with Crippen molar-refractivity contribution < 1.29 is 0 Å². The van der Waals surface area contributed by atoms with Crippen LogP contribution in [0.3, 0.4) is 0 Å². The van der Waals surface area contributed by atoms with Gasteiger partial charge in [0.2, 0.25) is 0 Å². The molecule has 1 aromatic rings. The van der Waals surface area contributed by atoms with E-state index >= 15 is 0 Å². The minimum absolute atomic E-state index is 0.276. The van der Waals surface area contributed by atoms with Gasteiger partial charge >= 0.3 is 0 Å². The van der Waals surface area contributed by atoms with Crippen molar-refractivity contribution in [2.24, 2.45) is 7.05 Å². The summed E-state index contributed by atoms with van der Waals surface area (Å²) in [5.74, 6) is 1.94. The van der Waals surface area contributed by atoms with Crippen LogP contribution in [0.5, 0.6) is 0 Å². The summed E-state index contributed by atoms with van der Waals surface area (Å²) in [6.45, 7) is 6.59. The van der Waals surface area contributed by atoms with E-state index in [1.165, 1.54) is 0 Å². The first kappa shape index (κ1) is 10.9. The summed E-state index contributed by atoms with van der Waals surface area (Å²) in [5, 5.41) is 0.699. The zero-order valence-corrected chi connectivity index (χ0v) is 10.0. The third kappa shape index (κ3) is 3.24. The normalized spacial score (nSPS) is 12.1. The summed E-state index contributed by atoms with van der Waals surface area (Å²) in [5.41, 5.74) is 0. The molecule has 0 saturated carbocycles. The number of imidazole rings is 1. The number of hydrogen-bond donors (Lipinski definition) is 0. The SMILES string of the molecule is Cn1c(Cl)cnc1CSC(C)(C)C. The lowest BCUT2D eigenvalue weighted by molar-refractivity contribution is 0.793. The number of thioether (sulfide) groups is 1. The Bertz CT molecular complexity index is 288. The van der Waals surface area contributed by atoms with E-state index in [2.05, 4.69) is 25.8 Å². The van der Waals surface area contributed by atoms with Gasteiger partial charge in [-0.2, -0.15) is 0 Å². The van der Waals surface area contributed by atoms with Gasteiger partial charge in [-0.1, -0.05) is 32.4 Å². The van der Waals surface area contributed by atoms with Crippen molar-refractivity contribution >= 4 is 23.4 Å². The minimum atomic E-state index is 0.276. The van der Waals surface area contributed by atoms with E-state index in [-0.39, 0.29) is 4.75 Å². The fourth-order valence-electron chi connectivity index (χ4n) is 0.839. The van der Waals surface area contributed by atoms with Crippen LogP contribution in [-0.2, 0) is 12.8 Å². The van der Waals surface area contributed by atoms with Crippen molar-refractivity contribution in [3.63, 3.8) is 0 Å². The Kier molecular flexibility index (Phi) is 3.30. The number of nitrogens with zero attached hydrogens (tertiary/aromatic N) is 2. The van der Waals surface area contributed by atoms with Crippen LogP contribution in [-0.4, -0.2) is 14.3 Å². The van der Waals surface area contributed by atoms with Crippen molar-refractivity contribution in [2.75, 3.05) is 0 Å². The molecule has 1 rings (SSSR count). The van der Waals surface area contributed by atoms with Crippen LogP contribution in [0, 0.1) is 0 Å². The molecule has 4 heteroatoms. The predicted octanol–water partition coefficient (Wildman–Crippen LogP) is 3.11. The van der Waals surface area contributed by atoms with Gasteiger partial charge in [0.15, 0.2) is 0 Å². The third-order valence-electron chi connectivity index (χ3n) is 1.66. The van der Waals surface area contributed by atoms with Crippen LogP contribution < -0.4 is 0 Å². The minimum Gasteiger partial charge on any atom is -0.322 e. The Morgan fingerprint density at radius 3 is 2.54 bits per heavy atom. The molecule has 1 aromatic heterocycles. The summed E-state index contributed by atoms with van der Waals surface area (Å²) in [4.78, 5) is 4.23. The van der Waals surface area contributed by atoms with Gasteiger partial charge in [0, 0.05) is 11.8 Å². The zero-order valence-electron chi connectivity index (χ0n) is 8.47. The highest BCUT2D eigenvalue weighted by Gasteiger charge is 2.13. The molecule has 0 bridgehead atoms. The fourth-order valence-corrected chi connectivity index (χ4v) is 1.82. The Labute approximate surface area is 88.7 Å². The predicted molar refractivity (Wildman–Crippen MR) is 59.3 cm³/mol. The molecule has 0 radical (unpaired) electrons. The molecule has 1 heterocycles. The van der Waals surface area contributed by atoms with Crippen molar-refractivity contribution in [2.45, 2.75) is 31.3 Å². The molecule has 0 aliphatic rings. The third-order valence-corrected chi connectivity index (χ3v) is 3.28. The average Bonchev–Trinajstić information content (AvgIpc) is 2.29. The Morgan fingerprint density at radius 2 is 2.15 bits per heavy atom. The molecule has 0 N–H and O–H groups in total. The molecule has 13 heavy (non-hydrogen) atoms. The van der Waals surface area contributed by atoms with E-state index in [1.54, 1.807) is 6.20 Å². The molecular formula is C9H15ClN2S. The molecule has 0 aliphatic heterocycles. The second-order valence-corrected chi connectivity index (χ2v) is 6.15. The van der Waals surface area contributed by atoms with Gasteiger partial charge in [-0.15, -0.1) is 11.8 Å². The van der Waals surface area contributed by atoms with Gasteiger partial charge in [-0.3, -0.25) is 0 Å². The second kappa shape index (κ2) is 3.93. The van der Waals surface area contributed by atoms with E-state index in [0.717, 1.165) is 11.6 Å². The Balaban J connectivity index is 2.60. The lowest BCUT2D eigenvalue weighted by Gasteiger charge is -2.16. The van der Waals surface area contributed by atoms with Crippen LogP contribution >= 0.6 is 23.4 Å². The fraction of sp³-hybridized carbons (Fsp3) is 0.667. The first-order valence-corrected chi connectivity index (χ1v) is 5.56. The van der Waals surface area contributed by atoms with Gasteiger partial charge in [0.1, 0.15) is 11.0 Å². The van der Waals surface area contributed by atoms with E-state index in [1.807, 2.05) is 23.4 Å². The number of aromatic nitrogens is 2. The molecule has 0 atom stereocenters. The van der Waals surface area contributed by atoms with Gasteiger partial charge < -0.3 is 4.57 Å². The topological polar surface area (TPSA) is 17.8 Å². The maximum Gasteiger partial charge on any atom is 0.128 e. The van der Waals surface area contributed by atoms with Gasteiger partial charge in [-0.05, 0) is 0 Å². The lowest BCUT2D eigenvalue weighted by Crippen LogP contribution is -2.09. The molecule has 0 saturated heterocycles. The monoisotopic (exact) mass is 218 g/mol. The summed E-state index contributed by atoms with van der Waals surface area (Å²) in [7, 11) is 1.94. The molecule has 0 amide bonds. The molecule has 2 nitrogen and oxygen atoms in total. The van der Waals surface area contributed by atoms with Crippen molar-refractivity contribution in [3.8, 4) is 0 Å². The van der Waals surface area contributed by atoms with E-state index in [4.69, 9.17) is 11.6 Å². The second-order valence-electron chi connectivity index (χ2n) is 3.96. The number of hydrogen-bond acceptors (Lipinski definition) is 2. The Morgan fingerprint density at radius 1 is 1.54 bits per heavy atom. The summed E-state index contributed by atoms with van der Waals surface area (Å²) >= 11 is 7.74. The maximum atomic E-state index is 5.87. The van der Waals surface area contributed by atoms with Crippen LogP contribution in [0.15, 0.2) is 6.20 Å².